The molecule has 2 N–H and O–H groups in total. The minimum atomic E-state index is -4.29. The van der Waals surface area contributed by atoms with Gasteiger partial charge >= 0.3 is 6.18 Å². The van der Waals surface area contributed by atoms with Gasteiger partial charge in [-0.25, -0.2) is 0 Å². The minimum absolute atomic E-state index is 0.635. The molecule has 0 amide bonds. The Labute approximate surface area is 118 Å². The van der Waals surface area contributed by atoms with Crippen LogP contribution >= 0.6 is 0 Å². The van der Waals surface area contributed by atoms with Gasteiger partial charge in [0.2, 0.25) is 0 Å². The highest BCUT2D eigenvalue weighted by molar-refractivity contribution is 6.02. The molecule has 0 aliphatic heterocycles. The predicted molar refractivity (Wildman–Crippen MR) is 75.6 cm³/mol. The molecule has 0 saturated carbocycles. The standard InChI is InChI=1S/C15H12F3N3/c16-15(17,18)9-21-8-10(7-20-21)11-5-6-14(19)13-4-2-1-3-12(11)13/h1-8H,9,19H2. The van der Waals surface area contributed by atoms with Gasteiger partial charge in [-0.15, -0.1) is 0 Å². The quantitative estimate of drug-likeness (QED) is 0.729. The molecule has 0 spiro atoms. The number of hydrogen-bond donors (Lipinski definition) is 1. The number of fused-ring (bicyclic) bond motifs is 1. The number of nitrogens with two attached hydrogens (primary N) is 1. The van der Waals surface area contributed by atoms with E-state index in [9.17, 15) is 13.2 Å². The lowest BCUT2D eigenvalue weighted by molar-refractivity contribution is -0.142. The fourth-order valence-electron chi connectivity index (χ4n) is 2.35. The van der Waals surface area contributed by atoms with Crippen molar-refractivity contribution in [3.05, 3.63) is 48.8 Å². The summed E-state index contributed by atoms with van der Waals surface area (Å²) in [6, 6.07) is 11.1. The molecule has 0 fully saturated rings. The molecule has 1 heterocycles. The number of rotatable bonds is 2. The lowest BCUT2D eigenvalue weighted by Crippen LogP contribution is -2.17. The van der Waals surface area contributed by atoms with E-state index in [2.05, 4.69) is 5.10 Å². The minimum Gasteiger partial charge on any atom is -0.398 e. The maximum Gasteiger partial charge on any atom is 0.408 e. The molecule has 0 atom stereocenters. The van der Waals surface area contributed by atoms with Crippen molar-refractivity contribution < 1.29 is 13.2 Å². The monoisotopic (exact) mass is 291 g/mol. The summed E-state index contributed by atoms with van der Waals surface area (Å²) >= 11 is 0. The Morgan fingerprint density at radius 2 is 1.76 bits per heavy atom. The van der Waals surface area contributed by atoms with Gasteiger partial charge in [0.25, 0.3) is 0 Å². The molecule has 0 radical (unpaired) electrons. The van der Waals surface area contributed by atoms with Gasteiger partial charge in [-0.05, 0) is 17.0 Å². The summed E-state index contributed by atoms with van der Waals surface area (Å²) in [4.78, 5) is 0. The Balaban J connectivity index is 2.07. The van der Waals surface area contributed by atoms with E-state index in [0.717, 1.165) is 21.0 Å². The lowest BCUT2D eigenvalue weighted by Gasteiger charge is -2.07. The third kappa shape index (κ3) is 2.69. The zero-order valence-electron chi connectivity index (χ0n) is 10.9. The summed E-state index contributed by atoms with van der Waals surface area (Å²) in [6.07, 6.45) is -1.46. The Hall–Kier alpha value is -2.50. The molecule has 1 aromatic heterocycles. The molecule has 108 valence electrons. The van der Waals surface area contributed by atoms with Gasteiger partial charge in [0.05, 0.1) is 6.20 Å². The SMILES string of the molecule is Nc1ccc(-c2cnn(CC(F)(F)F)c2)c2ccccc12. The second-order valence-corrected chi connectivity index (χ2v) is 4.79. The number of nitrogens with zero attached hydrogens (tertiary/aromatic N) is 2. The van der Waals surface area contributed by atoms with E-state index >= 15 is 0 Å². The van der Waals surface area contributed by atoms with E-state index in [1.165, 1.54) is 12.4 Å². The first-order chi connectivity index (χ1) is 9.94. The number of anilines is 1. The van der Waals surface area contributed by atoms with E-state index in [1.807, 2.05) is 24.3 Å². The zero-order valence-corrected chi connectivity index (χ0v) is 10.9. The van der Waals surface area contributed by atoms with Gasteiger partial charge in [-0.3, -0.25) is 4.68 Å². The topological polar surface area (TPSA) is 43.8 Å². The first kappa shape index (κ1) is 13.5. The summed E-state index contributed by atoms with van der Waals surface area (Å²) in [7, 11) is 0. The van der Waals surface area contributed by atoms with E-state index < -0.39 is 12.7 Å². The summed E-state index contributed by atoms with van der Waals surface area (Å²) in [5.41, 5.74) is 8.01. The van der Waals surface area contributed by atoms with Gasteiger partial charge < -0.3 is 5.73 Å². The molecule has 0 aliphatic carbocycles. The average molecular weight is 291 g/mol. The molecule has 3 rings (SSSR count). The first-order valence-electron chi connectivity index (χ1n) is 6.31. The van der Waals surface area contributed by atoms with Crippen LogP contribution in [0.5, 0.6) is 0 Å². The van der Waals surface area contributed by atoms with E-state index in [-0.39, 0.29) is 0 Å². The van der Waals surface area contributed by atoms with Gasteiger partial charge in [0, 0.05) is 22.8 Å². The Bertz CT molecular complexity index is 790. The molecule has 21 heavy (non-hydrogen) atoms. The first-order valence-corrected chi connectivity index (χ1v) is 6.31. The van der Waals surface area contributed by atoms with Crippen molar-refractivity contribution >= 4 is 16.5 Å². The predicted octanol–water partition coefficient (Wildman–Crippen LogP) is 3.85. The smallest absolute Gasteiger partial charge is 0.398 e. The number of benzene rings is 2. The van der Waals surface area contributed by atoms with Crippen molar-refractivity contribution in [2.45, 2.75) is 12.7 Å². The Morgan fingerprint density at radius 1 is 1.05 bits per heavy atom. The van der Waals surface area contributed by atoms with Crippen LogP contribution in [0.3, 0.4) is 0 Å². The van der Waals surface area contributed by atoms with Crippen LogP contribution in [0.15, 0.2) is 48.8 Å². The summed E-state index contributed by atoms with van der Waals surface area (Å²) in [6.45, 7) is -1.10. The molecule has 0 aliphatic rings. The third-order valence-corrected chi connectivity index (χ3v) is 3.24. The molecule has 3 aromatic rings. The van der Waals surface area contributed by atoms with E-state index in [0.29, 0.717) is 11.3 Å². The van der Waals surface area contributed by atoms with Crippen molar-refractivity contribution in [3.63, 3.8) is 0 Å². The fourth-order valence-corrected chi connectivity index (χ4v) is 2.35. The van der Waals surface area contributed by atoms with Crippen LogP contribution in [0.2, 0.25) is 0 Å². The van der Waals surface area contributed by atoms with Crippen molar-refractivity contribution in [1.29, 1.82) is 0 Å². The van der Waals surface area contributed by atoms with Crippen molar-refractivity contribution in [1.82, 2.24) is 9.78 Å². The van der Waals surface area contributed by atoms with Crippen LogP contribution in [-0.4, -0.2) is 16.0 Å². The van der Waals surface area contributed by atoms with Crippen LogP contribution in [0.4, 0.5) is 18.9 Å². The van der Waals surface area contributed by atoms with Gasteiger partial charge in [-0.1, -0.05) is 30.3 Å². The zero-order chi connectivity index (χ0) is 15.0. The third-order valence-electron chi connectivity index (χ3n) is 3.24. The molecule has 0 unspecified atom stereocenters. The number of halogens is 3. The van der Waals surface area contributed by atoms with Gasteiger partial charge in [0.15, 0.2) is 0 Å². The molecule has 2 aromatic carbocycles. The molecule has 6 heteroatoms. The highest BCUT2D eigenvalue weighted by atomic mass is 19.4. The summed E-state index contributed by atoms with van der Waals surface area (Å²) in [5, 5.41) is 5.54. The normalized spacial score (nSPS) is 12.0. The fraction of sp³-hybridized carbons (Fsp3) is 0.133. The molecular weight excluding hydrogens is 279 g/mol. The maximum absolute atomic E-state index is 12.4. The Kier molecular flexibility index (Phi) is 3.08. The van der Waals surface area contributed by atoms with Crippen molar-refractivity contribution in [2.75, 3.05) is 5.73 Å². The molecular formula is C15H12F3N3. The van der Waals surface area contributed by atoms with Crippen LogP contribution in [0.1, 0.15) is 0 Å². The van der Waals surface area contributed by atoms with E-state index in [4.69, 9.17) is 5.73 Å². The number of hydrogen-bond acceptors (Lipinski definition) is 2. The average Bonchev–Trinajstić information content (AvgIpc) is 2.85. The molecule has 0 bridgehead atoms. The second-order valence-electron chi connectivity index (χ2n) is 4.79. The number of nitrogen functional groups attached to an aromatic ring is 1. The Morgan fingerprint density at radius 3 is 2.48 bits per heavy atom. The highest BCUT2D eigenvalue weighted by Crippen LogP contribution is 2.32. The lowest BCUT2D eigenvalue weighted by atomic mass is 9.99. The highest BCUT2D eigenvalue weighted by Gasteiger charge is 2.28. The van der Waals surface area contributed by atoms with Gasteiger partial charge in [0.1, 0.15) is 6.54 Å². The van der Waals surface area contributed by atoms with Crippen LogP contribution in [0.25, 0.3) is 21.9 Å². The van der Waals surface area contributed by atoms with Crippen LogP contribution < -0.4 is 5.73 Å². The number of aromatic nitrogens is 2. The van der Waals surface area contributed by atoms with Crippen molar-refractivity contribution in [2.24, 2.45) is 0 Å². The van der Waals surface area contributed by atoms with Crippen LogP contribution in [-0.2, 0) is 6.54 Å². The molecule has 0 saturated heterocycles. The maximum atomic E-state index is 12.4. The number of alkyl halides is 3. The largest absolute Gasteiger partial charge is 0.408 e. The summed E-state index contributed by atoms with van der Waals surface area (Å²) in [5.74, 6) is 0. The summed E-state index contributed by atoms with van der Waals surface area (Å²) < 4.78 is 38.0. The molecule has 3 nitrogen and oxygen atoms in total. The second kappa shape index (κ2) is 4.80. The van der Waals surface area contributed by atoms with E-state index in [1.54, 1.807) is 12.1 Å². The van der Waals surface area contributed by atoms with Gasteiger partial charge in [-0.2, -0.15) is 18.3 Å². The van der Waals surface area contributed by atoms with Crippen LogP contribution in [0, 0.1) is 0 Å². The van der Waals surface area contributed by atoms with Crippen molar-refractivity contribution in [3.8, 4) is 11.1 Å².